The standard InChI is InChI=1S/C3H6FNOS/c1-5(2)3(4)7-6/h1-2H3. The van der Waals surface area contributed by atoms with Crippen LogP contribution in [0.4, 0.5) is 4.39 Å². The van der Waals surface area contributed by atoms with Gasteiger partial charge in [-0.3, -0.25) is 0 Å². The second kappa shape index (κ2) is 2.87. The highest BCUT2D eigenvalue weighted by Gasteiger charge is 1.93. The topological polar surface area (TPSA) is 20.3 Å². The molecule has 0 bridgehead atoms. The van der Waals surface area contributed by atoms with Gasteiger partial charge in [0.05, 0.1) is 0 Å². The van der Waals surface area contributed by atoms with Crippen LogP contribution in [0, 0.1) is 0 Å². The van der Waals surface area contributed by atoms with E-state index in [0.29, 0.717) is 0 Å². The minimum Gasteiger partial charge on any atom is -0.246 e. The van der Waals surface area contributed by atoms with Crippen molar-refractivity contribution in [3.63, 3.8) is 0 Å². The normalized spacial score (nSPS) is 9.14. The highest BCUT2D eigenvalue weighted by Crippen LogP contribution is 1.76. The highest BCUT2D eigenvalue weighted by molar-refractivity contribution is 7.65. The summed E-state index contributed by atoms with van der Waals surface area (Å²) in [5.41, 5.74) is 0. The first-order chi connectivity index (χ1) is 3.18. The third-order valence-corrected chi connectivity index (χ3v) is 0.923. The molecular weight excluding hydrogens is 117 g/mol. The third kappa shape index (κ3) is 2.47. The summed E-state index contributed by atoms with van der Waals surface area (Å²) in [5.74, 6) is 0. The van der Waals surface area contributed by atoms with Crippen molar-refractivity contribution in [3.05, 3.63) is 0 Å². The maximum atomic E-state index is 11.7. The summed E-state index contributed by atoms with van der Waals surface area (Å²) < 4.78 is 21.3. The lowest BCUT2D eigenvalue weighted by Gasteiger charge is -1.97. The number of nitrogens with zero attached hydrogens (tertiary/aromatic N) is 1. The molecule has 0 saturated heterocycles. The van der Waals surface area contributed by atoms with E-state index in [-0.39, 0.29) is 11.3 Å². The SMILES string of the molecule is CN(C)C(F)=S=O. The molecule has 0 aliphatic rings. The molecule has 4 heteroatoms. The van der Waals surface area contributed by atoms with Crippen LogP contribution < -0.4 is 0 Å². The van der Waals surface area contributed by atoms with Gasteiger partial charge in [-0.15, -0.1) is 0 Å². The van der Waals surface area contributed by atoms with E-state index < -0.39 is 5.24 Å². The van der Waals surface area contributed by atoms with Crippen molar-refractivity contribution in [2.24, 2.45) is 0 Å². The van der Waals surface area contributed by atoms with Gasteiger partial charge in [-0.05, 0) is 14.1 Å². The Hall–Kier alpha value is -0.220. The average molecular weight is 123 g/mol. The Balaban J connectivity index is 3.81. The van der Waals surface area contributed by atoms with Gasteiger partial charge in [0.1, 0.15) is 11.3 Å². The fourth-order valence-corrected chi connectivity index (χ4v) is 0.224. The molecule has 7 heavy (non-hydrogen) atoms. The van der Waals surface area contributed by atoms with Crippen LogP contribution in [0.2, 0.25) is 0 Å². The predicted octanol–water partition coefficient (Wildman–Crippen LogP) is -0.182. The second-order valence-corrected chi connectivity index (χ2v) is 1.73. The molecule has 0 spiro atoms. The Morgan fingerprint density at radius 2 is 2.14 bits per heavy atom. The number of halogens is 1. The van der Waals surface area contributed by atoms with Gasteiger partial charge in [-0.2, -0.15) is 4.39 Å². The molecule has 0 amide bonds. The van der Waals surface area contributed by atoms with Crippen LogP contribution in [0.1, 0.15) is 0 Å². The molecule has 0 heterocycles. The zero-order chi connectivity index (χ0) is 5.86. The largest absolute Gasteiger partial charge is 0.263 e. The summed E-state index contributed by atoms with van der Waals surface area (Å²) in [6, 6.07) is 0. The fraction of sp³-hybridized carbons (Fsp3) is 0.667. The van der Waals surface area contributed by atoms with Crippen molar-refractivity contribution in [2.45, 2.75) is 0 Å². The predicted molar refractivity (Wildman–Crippen MR) is 27.9 cm³/mol. The monoisotopic (exact) mass is 123 g/mol. The Kier molecular flexibility index (Phi) is 2.78. The smallest absolute Gasteiger partial charge is 0.246 e. The number of hydrogen-bond donors (Lipinski definition) is 0. The lowest BCUT2D eigenvalue weighted by Crippen LogP contribution is -2.16. The minimum atomic E-state index is -0.708. The van der Waals surface area contributed by atoms with Gasteiger partial charge in [0.25, 0.3) is 5.24 Å². The fourth-order valence-electron chi connectivity index (χ4n) is 0.0745. The minimum absolute atomic E-state index is 0.141. The first-order valence-electron chi connectivity index (χ1n) is 1.68. The highest BCUT2D eigenvalue weighted by atomic mass is 32.1. The van der Waals surface area contributed by atoms with Crippen molar-refractivity contribution in [3.8, 4) is 0 Å². The quantitative estimate of drug-likeness (QED) is 0.253. The summed E-state index contributed by atoms with van der Waals surface area (Å²) in [7, 11) is 2.94. The van der Waals surface area contributed by atoms with Crippen LogP contribution in [0.25, 0.3) is 0 Å². The first kappa shape index (κ1) is 6.78. The van der Waals surface area contributed by atoms with Crippen LogP contribution in [0.15, 0.2) is 0 Å². The van der Waals surface area contributed by atoms with Crippen molar-refractivity contribution < 1.29 is 8.60 Å². The van der Waals surface area contributed by atoms with E-state index in [1.54, 1.807) is 0 Å². The maximum absolute atomic E-state index is 11.7. The van der Waals surface area contributed by atoms with Gasteiger partial charge in [0.2, 0.25) is 0 Å². The molecule has 0 radical (unpaired) electrons. The maximum Gasteiger partial charge on any atom is 0.263 e. The number of rotatable bonds is 0. The van der Waals surface area contributed by atoms with Crippen LogP contribution in [0.3, 0.4) is 0 Å². The van der Waals surface area contributed by atoms with E-state index in [2.05, 4.69) is 0 Å². The molecule has 42 valence electrons. The van der Waals surface area contributed by atoms with Crippen molar-refractivity contribution in [1.82, 2.24) is 4.90 Å². The van der Waals surface area contributed by atoms with E-state index >= 15 is 0 Å². The van der Waals surface area contributed by atoms with E-state index in [4.69, 9.17) is 0 Å². The van der Waals surface area contributed by atoms with E-state index in [0.717, 1.165) is 4.90 Å². The lowest BCUT2D eigenvalue weighted by molar-refractivity contribution is 0.546. The zero-order valence-corrected chi connectivity index (χ0v) is 4.96. The van der Waals surface area contributed by atoms with Gasteiger partial charge < -0.3 is 0 Å². The summed E-state index contributed by atoms with van der Waals surface area (Å²) in [5, 5.41) is -0.708. The van der Waals surface area contributed by atoms with Crippen molar-refractivity contribution in [2.75, 3.05) is 14.1 Å². The van der Waals surface area contributed by atoms with E-state index in [1.807, 2.05) is 0 Å². The van der Waals surface area contributed by atoms with Gasteiger partial charge in [-0.25, -0.2) is 9.11 Å². The lowest BCUT2D eigenvalue weighted by atomic mass is 11.0. The molecule has 0 aliphatic heterocycles. The Morgan fingerprint density at radius 1 is 1.71 bits per heavy atom. The Bertz CT molecular complexity index is 108. The molecule has 0 N–H and O–H groups in total. The Morgan fingerprint density at radius 3 is 2.14 bits per heavy atom. The van der Waals surface area contributed by atoms with Gasteiger partial charge in [0, 0.05) is 0 Å². The molecule has 0 rings (SSSR count). The third-order valence-electron chi connectivity index (χ3n) is 0.420. The van der Waals surface area contributed by atoms with E-state index in [9.17, 15) is 8.60 Å². The molecular formula is C3H6FNOS. The molecule has 0 aliphatic carbocycles. The van der Waals surface area contributed by atoms with Gasteiger partial charge in [-0.1, -0.05) is 0 Å². The molecule has 0 unspecified atom stereocenters. The second-order valence-electron chi connectivity index (χ2n) is 1.23. The number of hydrogen-bond acceptors (Lipinski definition) is 1. The molecule has 0 aromatic heterocycles. The first-order valence-corrected chi connectivity index (χ1v) is 2.42. The average Bonchev–Trinajstić information content (AvgIpc) is 1.65. The van der Waals surface area contributed by atoms with Gasteiger partial charge in [0.15, 0.2) is 0 Å². The van der Waals surface area contributed by atoms with Crippen LogP contribution in [-0.2, 0) is 11.3 Å². The van der Waals surface area contributed by atoms with E-state index in [1.165, 1.54) is 14.1 Å². The van der Waals surface area contributed by atoms with Crippen molar-refractivity contribution >= 4 is 16.5 Å². The molecule has 0 atom stereocenters. The molecule has 0 saturated carbocycles. The van der Waals surface area contributed by atoms with Crippen LogP contribution >= 0.6 is 0 Å². The summed E-state index contributed by atoms with van der Waals surface area (Å²) in [6.07, 6.45) is 0. The van der Waals surface area contributed by atoms with Crippen LogP contribution in [-0.4, -0.2) is 28.4 Å². The zero-order valence-electron chi connectivity index (χ0n) is 4.14. The summed E-state index contributed by atoms with van der Waals surface area (Å²) in [4.78, 5) is 1.12. The molecule has 2 nitrogen and oxygen atoms in total. The summed E-state index contributed by atoms with van der Waals surface area (Å²) in [6.45, 7) is 0. The van der Waals surface area contributed by atoms with Gasteiger partial charge >= 0.3 is 0 Å². The molecule has 0 aromatic carbocycles. The molecule has 0 fully saturated rings. The molecule has 0 aromatic rings. The Labute approximate surface area is 45.0 Å². The summed E-state index contributed by atoms with van der Waals surface area (Å²) >= 11 is -0.141. The van der Waals surface area contributed by atoms with Crippen molar-refractivity contribution in [1.29, 1.82) is 0 Å². The van der Waals surface area contributed by atoms with Crippen LogP contribution in [0.5, 0.6) is 0 Å².